The van der Waals surface area contributed by atoms with Crippen molar-refractivity contribution < 1.29 is 29.8 Å². The Morgan fingerprint density at radius 1 is 0.639 bits per heavy atom. The minimum Gasteiger partial charge on any atom is -0.388 e. The molecule has 6 heteroatoms. The summed E-state index contributed by atoms with van der Waals surface area (Å²) in [6.45, 7) is 15.2. The van der Waals surface area contributed by atoms with Gasteiger partial charge in [0.1, 0.15) is 23.4 Å². The highest BCUT2D eigenvalue weighted by Gasteiger charge is 2.41. The molecule has 2 saturated heterocycles. The molecule has 200 valence electrons. The lowest BCUT2D eigenvalue weighted by molar-refractivity contribution is -0.427. The van der Waals surface area contributed by atoms with Gasteiger partial charge in [0.25, 0.3) is 0 Å². The summed E-state index contributed by atoms with van der Waals surface area (Å²) in [5.74, 6) is 0. The number of benzene rings is 2. The second-order valence-corrected chi connectivity index (χ2v) is 11.9. The SMILES string of the molecule is Cc1ccc(C2(C)CC[C@@H](C(C)(C)O)OO2)cc1.Cc1ccc(C2(C)CC[C@H](C(C)(C)O)OO2)cc1. The third-order valence-electron chi connectivity index (χ3n) is 7.36. The van der Waals surface area contributed by atoms with Crippen LogP contribution in [0.3, 0.4) is 0 Å². The summed E-state index contributed by atoms with van der Waals surface area (Å²) < 4.78 is 0. The summed E-state index contributed by atoms with van der Waals surface area (Å²) >= 11 is 0. The van der Waals surface area contributed by atoms with Gasteiger partial charge < -0.3 is 10.2 Å². The van der Waals surface area contributed by atoms with E-state index in [0.717, 1.165) is 36.8 Å². The molecule has 6 nitrogen and oxygen atoms in total. The van der Waals surface area contributed by atoms with Gasteiger partial charge in [-0.2, -0.15) is 0 Å². The lowest BCUT2D eigenvalue weighted by Crippen LogP contribution is -2.45. The van der Waals surface area contributed by atoms with E-state index in [1.54, 1.807) is 27.7 Å². The van der Waals surface area contributed by atoms with E-state index in [2.05, 4.69) is 62.4 Å². The van der Waals surface area contributed by atoms with Crippen molar-refractivity contribution in [1.82, 2.24) is 0 Å². The standard InChI is InChI=1S/2C15H22O3/c2*1-11-5-7-12(8-6-11)15(4)10-9-13(17-18-15)14(2,3)16/h2*5-8,13,16H,9-10H2,1-4H3/t2*13-,15?/m10/s1. The molecule has 4 atom stereocenters. The summed E-state index contributed by atoms with van der Waals surface area (Å²) in [4.78, 5) is 21.9. The molecule has 0 aromatic heterocycles. The Bertz CT molecular complexity index is 871. The van der Waals surface area contributed by atoms with Gasteiger partial charge in [-0.15, -0.1) is 0 Å². The average Bonchev–Trinajstić information content (AvgIpc) is 2.79. The maximum atomic E-state index is 9.91. The van der Waals surface area contributed by atoms with Crippen LogP contribution in [0.15, 0.2) is 48.5 Å². The van der Waals surface area contributed by atoms with E-state index in [-0.39, 0.29) is 12.2 Å². The van der Waals surface area contributed by atoms with Crippen molar-refractivity contribution in [3.8, 4) is 0 Å². The Hall–Kier alpha value is -1.80. The average molecular weight is 501 g/mol. The van der Waals surface area contributed by atoms with Gasteiger partial charge in [-0.1, -0.05) is 59.7 Å². The van der Waals surface area contributed by atoms with Gasteiger partial charge in [-0.05, 0) is 92.2 Å². The smallest absolute Gasteiger partial charge is 0.126 e. The monoisotopic (exact) mass is 500 g/mol. The van der Waals surface area contributed by atoms with E-state index in [0.29, 0.717) is 0 Å². The zero-order valence-corrected chi connectivity index (χ0v) is 23.1. The molecular formula is C30H44O6. The summed E-state index contributed by atoms with van der Waals surface area (Å²) in [6, 6.07) is 16.6. The minimum absolute atomic E-state index is 0.268. The normalized spacial score (nSPS) is 29.3. The molecule has 2 N–H and O–H groups in total. The largest absolute Gasteiger partial charge is 0.388 e. The summed E-state index contributed by atoms with van der Waals surface area (Å²) in [7, 11) is 0. The Morgan fingerprint density at radius 2 is 0.944 bits per heavy atom. The molecule has 0 spiro atoms. The molecule has 2 aromatic rings. The second-order valence-electron chi connectivity index (χ2n) is 11.9. The van der Waals surface area contributed by atoms with Crippen LogP contribution in [0.4, 0.5) is 0 Å². The molecule has 2 aromatic carbocycles. The Balaban J connectivity index is 0.000000201. The first kappa shape index (κ1) is 28.8. The maximum absolute atomic E-state index is 9.91. The van der Waals surface area contributed by atoms with E-state index in [9.17, 15) is 10.2 Å². The van der Waals surface area contributed by atoms with Crippen LogP contribution >= 0.6 is 0 Å². The molecule has 4 rings (SSSR count). The van der Waals surface area contributed by atoms with Gasteiger partial charge in [0.2, 0.25) is 0 Å². The third-order valence-corrected chi connectivity index (χ3v) is 7.36. The van der Waals surface area contributed by atoms with Crippen LogP contribution < -0.4 is 0 Å². The lowest BCUT2D eigenvalue weighted by Gasteiger charge is -2.40. The Kier molecular flexibility index (Phi) is 8.71. The minimum atomic E-state index is -0.866. The zero-order chi connectivity index (χ0) is 26.8. The molecular weight excluding hydrogens is 456 g/mol. The van der Waals surface area contributed by atoms with Gasteiger partial charge in [0, 0.05) is 0 Å². The summed E-state index contributed by atoms with van der Waals surface area (Å²) in [5.41, 5.74) is 2.11. The predicted molar refractivity (Wildman–Crippen MR) is 140 cm³/mol. The van der Waals surface area contributed by atoms with Gasteiger partial charge >= 0.3 is 0 Å². The highest BCUT2D eigenvalue weighted by Crippen LogP contribution is 2.39. The molecule has 0 bridgehead atoms. The van der Waals surface area contributed by atoms with E-state index < -0.39 is 22.4 Å². The first-order chi connectivity index (χ1) is 16.6. The number of hydrogen-bond acceptors (Lipinski definition) is 6. The predicted octanol–water partition coefficient (Wildman–Crippen LogP) is 6.18. The fourth-order valence-electron chi connectivity index (χ4n) is 4.46. The fraction of sp³-hybridized carbons (Fsp3) is 0.600. The van der Waals surface area contributed by atoms with Crippen LogP contribution in [0.2, 0.25) is 0 Å². The highest BCUT2D eigenvalue weighted by molar-refractivity contribution is 5.27. The molecule has 36 heavy (non-hydrogen) atoms. The van der Waals surface area contributed by atoms with E-state index in [1.807, 2.05) is 13.8 Å². The number of aliphatic hydroxyl groups is 2. The molecule has 0 amide bonds. The van der Waals surface area contributed by atoms with Gasteiger partial charge in [0.05, 0.1) is 11.2 Å². The molecule has 2 aliphatic heterocycles. The van der Waals surface area contributed by atoms with Crippen LogP contribution in [0, 0.1) is 13.8 Å². The molecule has 0 radical (unpaired) electrons. The number of aryl methyl sites for hydroxylation is 2. The maximum Gasteiger partial charge on any atom is 0.126 e. The first-order valence-corrected chi connectivity index (χ1v) is 12.9. The van der Waals surface area contributed by atoms with Gasteiger partial charge in [-0.25, -0.2) is 19.6 Å². The fourth-order valence-corrected chi connectivity index (χ4v) is 4.46. The van der Waals surface area contributed by atoms with E-state index in [1.165, 1.54) is 11.1 Å². The molecule has 2 heterocycles. The lowest BCUT2D eigenvalue weighted by atomic mass is 9.86. The quantitative estimate of drug-likeness (QED) is 0.488. The molecule has 0 aliphatic carbocycles. The van der Waals surface area contributed by atoms with Crippen molar-refractivity contribution in [3.05, 3.63) is 70.8 Å². The van der Waals surface area contributed by atoms with Gasteiger partial charge in [-0.3, -0.25) is 0 Å². The molecule has 2 aliphatic rings. The number of hydrogen-bond donors (Lipinski definition) is 2. The van der Waals surface area contributed by atoms with Crippen molar-refractivity contribution in [2.45, 2.75) is 116 Å². The van der Waals surface area contributed by atoms with Crippen molar-refractivity contribution in [2.75, 3.05) is 0 Å². The Labute approximate surface area is 216 Å². The third kappa shape index (κ3) is 7.15. The number of rotatable bonds is 4. The van der Waals surface area contributed by atoms with Crippen molar-refractivity contribution in [3.63, 3.8) is 0 Å². The van der Waals surface area contributed by atoms with E-state index in [4.69, 9.17) is 19.6 Å². The zero-order valence-electron chi connectivity index (χ0n) is 23.1. The van der Waals surface area contributed by atoms with Crippen LogP contribution in [-0.4, -0.2) is 33.6 Å². The highest BCUT2D eigenvalue weighted by atomic mass is 17.2. The van der Waals surface area contributed by atoms with Crippen molar-refractivity contribution in [2.24, 2.45) is 0 Å². The summed E-state index contributed by atoms with van der Waals surface area (Å²) in [6.07, 6.45) is 2.71. The van der Waals surface area contributed by atoms with Gasteiger partial charge in [0.15, 0.2) is 0 Å². The Morgan fingerprint density at radius 3 is 1.17 bits per heavy atom. The van der Waals surface area contributed by atoms with Crippen LogP contribution in [0.5, 0.6) is 0 Å². The molecule has 2 fully saturated rings. The summed E-state index contributed by atoms with van der Waals surface area (Å²) in [5, 5.41) is 19.8. The molecule has 0 saturated carbocycles. The van der Waals surface area contributed by atoms with Crippen LogP contribution in [-0.2, 0) is 30.8 Å². The van der Waals surface area contributed by atoms with Crippen LogP contribution in [0.1, 0.15) is 89.5 Å². The van der Waals surface area contributed by atoms with E-state index >= 15 is 0 Å². The van der Waals surface area contributed by atoms with Crippen LogP contribution in [0.25, 0.3) is 0 Å². The molecule has 2 unspecified atom stereocenters. The topological polar surface area (TPSA) is 77.4 Å². The van der Waals surface area contributed by atoms with Crippen molar-refractivity contribution in [1.29, 1.82) is 0 Å². The second kappa shape index (κ2) is 10.9. The van der Waals surface area contributed by atoms with Crippen molar-refractivity contribution >= 4 is 0 Å². The first-order valence-electron chi connectivity index (χ1n) is 12.9.